The molecule has 3 aromatic rings. The average Bonchev–Trinajstić information content (AvgIpc) is 3.36. The molecule has 0 unspecified atom stereocenters. The smallest absolute Gasteiger partial charge is 0.322 e. The molecule has 0 saturated heterocycles. The number of rotatable bonds is 9. The number of hydrogen-bond donors (Lipinski definition) is 1. The van der Waals surface area contributed by atoms with Crippen molar-refractivity contribution in [1.82, 2.24) is 9.80 Å². The van der Waals surface area contributed by atoms with Crippen LogP contribution in [0.25, 0.3) is 0 Å². The minimum absolute atomic E-state index is 0.0416. The summed E-state index contributed by atoms with van der Waals surface area (Å²) in [5, 5.41) is 5.00. The molecule has 2 aliphatic rings. The van der Waals surface area contributed by atoms with Gasteiger partial charge in [0, 0.05) is 23.2 Å². The van der Waals surface area contributed by atoms with Gasteiger partial charge in [-0.15, -0.1) is 11.3 Å². The van der Waals surface area contributed by atoms with Crippen LogP contribution in [-0.2, 0) is 24.3 Å². The average molecular weight is 492 g/mol. The number of fused-ring (bicyclic) bond motifs is 1. The lowest BCUT2D eigenvalue weighted by Gasteiger charge is -2.28. The number of urea groups is 1. The van der Waals surface area contributed by atoms with E-state index in [2.05, 4.69) is 12.2 Å². The van der Waals surface area contributed by atoms with Gasteiger partial charge in [0.15, 0.2) is 11.5 Å². The molecular weight excluding hydrogens is 462 g/mol. The number of hydrogen-bond acceptors (Lipinski definition) is 5. The predicted molar refractivity (Wildman–Crippen MR) is 136 cm³/mol. The van der Waals surface area contributed by atoms with E-state index in [9.17, 15) is 9.59 Å². The molecule has 7 nitrogen and oxygen atoms in total. The highest BCUT2D eigenvalue weighted by Crippen LogP contribution is 2.33. The summed E-state index contributed by atoms with van der Waals surface area (Å²) < 4.78 is 10.9. The third kappa shape index (κ3) is 5.77. The molecule has 1 saturated carbocycles. The van der Waals surface area contributed by atoms with Crippen molar-refractivity contribution in [3.63, 3.8) is 0 Å². The molecule has 1 N–H and O–H groups in total. The number of thiophene rings is 1. The molecular formula is C27H29N3O4S. The van der Waals surface area contributed by atoms with Crippen LogP contribution in [0.1, 0.15) is 35.8 Å². The molecule has 0 atom stereocenters. The lowest BCUT2D eigenvalue weighted by molar-refractivity contribution is -0.133. The molecule has 1 aromatic heterocycles. The van der Waals surface area contributed by atoms with E-state index in [0.717, 1.165) is 41.0 Å². The number of carbonyl (C=O) groups is 2. The van der Waals surface area contributed by atoms with Crippen molar-refractivity contribution in [1.29, 1.82) is 0 Å². The van der Waals surface area contributed by atoms with Crippen molar-refractivity contribution in [2.24, 2.45) is 0 Å². The summed E-state index contributed by atoms with van der Waals surface area (Å²) in [6.07, 6.45) is 2.73. The Morgan fingerprint density at radius 1 is 1.00 bits per heavy atom. The van der Waals surface area contributed by atoms with Crippen molar-refractivity contribution >= 4 is 29.0 Å². The van der Waals surface area contributed by atoms with E-state index in [1.807, 2.05) is 64.9 Å². The first-order valence-corrected chi connectivity index (χ1v) is 12.8. The minimum Gasteiger partial charge on any atom is -0.454 e. The highest BCUT2D eigenvalue weighted by atomic mass is 32.1. The quantitative estimate of drug-likeness (QED) is 0.443. The number of nitrogens with zero attached hydrogens (tertiary/aromatic N) is 2. The van der Waals surface area contributed by atoms with Gasteiger partial charge in [0.2, 0.25) is 12.7 Å². The van der Waals surface area contributed by atoms with Gasteiger partial charge in [0.25, 0.3) is 0 Å². The molecule has 8 heteroatoms. The van der Waals surface area contributed by atoms with Crippen molar-refractivity contribution in [2.75, 3.05) is 18.7 Å². The Kier molecular flexibility index (Phi) is 6.90. The number of carbonyl (C=O) groups excluding carboxylic acids is 2. The highest BCUT2D eigenvalue weighted by Gasteiger charge is 2.35. The number of ether oxygens (including phenoxy) is 2. The van der Waals surface area contributed by atoms with E-state index in [1.54, 1.807) is 16.2 Å². The van der Waals surface area contributed by atoms with Crippen molar-refractivity contribution in [3.8, 4) is 11.5 Å². The van der Waals surface area contributed by atoms with Crippen LogP contribution in [0.15, 0.2) is 60.0 Å². The molecule has 5 rings (SSSR count). The van der Waals surface area contributed by atoms with E-state index in [4.69, 9.17) is 9.47 Å². The first-order chi connectivity index (χ1) is 17.1. The maximum atomic E-state index is 13.6. The number of benzene rings is 2. The van der Waals surface area contributed by atoms with Crippen LogP contribution in [0.3, 0.4) is 0 Å². The summed E-state index contributed by atoms with van der Waals surface area (Å²) in [5.41, 5.74) is 2.86. The number of aryl methyl sites for hydroxylation is 1. The van der Waals surface area contributed by atoms with Gasteiger partial charge in [-0.25, -0.2) is 4.79 Å². The van der Waals surface area contributed by atoms with Crippen LogP contribution in [0.2, 0.25) is 0 Å². The molecule has 182 valence electrons. The van der Waals surface area contributed by atoms with Gasteiger partial charge >= 0.3 is 6.03 Å². The van der Waals surface area contributed by atoms with Crippen LogP contribution in [0.4, 0.5) is 10.5 Å². The maximum Gasteiger partial charge on any atom is 0.322 e. The highest BCUT2D eigenvalue weighted by molar-refractivity contribution is 7.09. The molecule has 2 heterocycles. The molecule has 35 heavy (non-hydrogen) atoms. The van der Waals surface area contributed by atoms with Crippen molar-refractivity contribution < 1.29 is 19.1 Å². The summed E-state index contributed by atoms with van der Waals surface area (Å²) >= 11 is 1.62. The summed E-state index contributed by atoms with van der Waals surface area (Å²) in [5.74, 6) is 1.33. The first-order valence-electron chi connectivity index (χ1n) is 11.9. The maximum absolute atomic E-state index is 13.6. The molecule has 1 fully saturated rings. The van der Waals surface area contributed by atoms with Gasteiger partial charge in [-0.3, -0.25) is 4.79 Å². The fourth-order valence-electron chi connectivity index (χ4n) is 4.15. The summed E-state index contributed by atoms with van der Waals surface area (Å²) in [4.78, 5) is 31.3. The third-order valence-corrected chi connectivity index (χ3v) is 7.09. The monoisotopic (exact) mass is 491 g/mol. The summed E-state index contributed by atoms with van der Waals surface area (Å²) in [6, 6.07) is 17.5. The van der Waals surface area contributed by atoms with Crippen LogP contribution in [-0.4, -0.2) is 41.1 Å². The zero-order chi connectivity index (χ0) is 24.2. The predicted octanol–water partition coefficient (Wildman–Crippen LogP) is 5.26. The SMILES string of the molecule is CCc1cccc(NC(=O)N(CC(=O)N(Cc2ccc3c(c2)OCO3)Cc2cccs2)C2CC2)c1. The second kappa shape index (κ2) is 10.4. The van der Waals surface area contributed by atoms with E-state index in [0.29, 0.717) is 24.6 Å². The number of anilines is 1. The van der Waals surface area contributed by atoms with E-state index >= 15 is 0 Å². The Bertz CT molecular complexity index is 1190. The normalized spacial score (nSPS) is 14.0. The fraction of sp³-hybridized carbons (Fsp3) is 0.333. The molecule has 1 aliphatic carbocycles. The standard InChI is InChI=1S/C27H29N3O4S/c1-2-19-5-3-6-21(13-19)28-27(32)30(22-9-10-22)17-26(31)29(16-23-7-4-12-35-23)15-20-8-11-24-25(14-20)34-18-33-24/h3-8,11-14,22H,2,9-10,15-18H2,1H3,(H,28,32). The second-order valence-corrected chi connectivity index (χ2v) is 9.89. The van der Waals surface area contributed by atoms with E-state index in [1.165, 1.54) is 0 Å². The molecule has 0 bridgehead atoms. The number of nitrogens with one attached hydrogen (secondary N) is 1. The molecule has 3 amide bonds. The topological polar surface area (TPSA) is 71.1 Å². The van der Waals surface area contributed by atoms with Gasteiger partial charge in [0.1, 0.15) is 6.54 Å². The Hall–Kier alpha value is -3.52. The van der Waals surface area contributed by atoms with Crippen LogP contribution >= 0.6 is 11.3 Å². The van der Waals surface area contributed by atoms with Gasteiger partial charge in [-0.2, -0.15) is 0 Å². The van der Waals surface area contributed by atoms with E-state index < -0.39 is 0 Å². The lowest BCUT2D eigenvalue weighted by atomic mass is 10.1. The summed E-state index contributed by atoms with van der Waals surface area (Å²) in [7, 11) is 0. The Labute approximate surface area is 209 Å². The van der Waals surface area contributed by atoms with Gasteiger partial charge in [0.05, 0.1) is 6.54 Å². The van der Waals surface area contributed by atoms with Crippen molar-refractivity contribution in [2.45, 2.75) is 45.3 Å². The van der Waals surface area contributed by atoms with E-state index in [-0.39, 0.29) is 31.3 Å². The van der Waals surface area contributed by atoms with Crippen LogP contribution in [0, 0.1) is 0 Å². The molecule has 0 radical (unpaired) electrons. The molecule has 2 aromatic carbocycles. The third-order valence-electron chi connectivity index (χ3n) is 6.23. The van der Waals surface area contributed by atoms with Gasteiger partial charge < -0.3 is 24.6 Å². The van der Waals surface area contributed by atoms with Gasteiger partial charge in [-0.1, -0.05) is 31.2 Å². The fourth-order valence-corrected chi connectivity index (χ4v) is 4.86. The number of amides is 3. The lowest BCUT2D eigenvalue weighted by Crippen LogP contribution is -2.45. The first kappa shape index (κ1) is 23.2. The molecule has 0 spiro atoms. The van der Waals surface area contributed by atoms with Gasteiger partial charge in [-0.05, 0) is 66.1 Å². The Morgan fingerprint density at radius 3 is 2.63 bits per heavy atom. The van der Waals surface area contributed by atoms with Crippen LogP contribution in [0.5, 0.6) is 11.5 Å². The minimum atomic E-state index is -0.228. The molecule has 1 aliphatic heterocycles. The zero-order valence-electron chi connectivity index (χ0n) is 19.7. The second-order valence-electron chi connectivity index (χ2n) is 8.86. The largest absolute Gasteiger partial charge is 0.454 e. The van der Waals surface area contributed by atoms with Crippen LogP contribution < -0.4 is 14.8 Å². The summed E-state index contributed by atoms with van der Waals surface area (Å²) in [6.45, 7) is 3.25. The zero-order valence-corrected chi connectivity index (χ0v) is 20.6. The van der Waals surface area contributed by atoms with Crippen molar-refractivity contribution in [3.05, 3.63) is 76.0 Å². The Morgan fingerprint density at radius 2 is 1.86 bits per heavy atom. The Balaban J connectivity index is 1.31.